The lowest BCUT2D eigenvalue weighted by Gasteiger charge is -2.48. The van der Waals surface area contributed by atoms with Crippen molar-refractivity contribution in [3.05, 3.63) is 0 Å². The van der Waals surface area contributed by atoms with E-state index < -0.39 is 112 Å². The Morgan fingerprint density at radius 3 is 1.50 bits per heavy atom. The number of methoxy groups -OCH3 is 1. The topological polar surface area (TPSA) is 284 Å². The van der Waals surface area contributed by atoms with Gasteiger partial charge in [-0.1, -0.05) is 25.7 Å². The van der Waals surface area contributed by atoms with E-state index in [-0.39, 0.29) is 12.6 Å². The minimum absolute atomic E-state index is 0.185. The number of aliphatic hydroxyl groups is 10. The van der Waals surface area contributed by atoms with Crippen LogP contribution in [-0.4, -0.2) is 183 Å². The van der Waals surface area contributed by atoms with Gasteiger partial charge in [0.15, 0.2) is 18.9 Å². The van der Waals surface area contributed by atoms with E-state index in [4.69, 9.17) is 28.4 Å². The van der Waals surface area contributed by atoms with Gasteiger partial charge < -0.3 is 84.2 Å². The van der Waals surface area contributed by atoms with Crippen molar-refractivity contribution >= 4 is 5.97 Å². The van der Waals surface area contributed by atoms with Gasteiger partial charge in [-0.25, -0.2) is 0 Å². The molecule has 0 saturated carbocycles. The van der Waals surface area contributed by atoms with Gasteiger partial charge in [0.25, 0.3) is 0 Å². The summed E-state index contributed by atoms with van der Waals surface area (Å²) in [4.78, 5) is 11.1. The van der Waals surface area contributed by atoms with Gasteiger partial charge >= 0.3 is 5.97 Å². The molecule has 0 aromatic rings. The number of ether oxygens (including phenoxy) is 7. The van der Waals surface area contributed by atoms with Crippen molar-refractivity contribution in [2.75, 3.05) is 33.5 Å². The molecule has 3 aliphatic heterocycles. The molecule has 0 aromatic carbocycles. The first-order valence-electron chi connectivity index (χ1n) is 15.5. The minimum Gasteiger partial charge on any atom is -0.469 e. The van der Waals surface area contributed by atoms with Gasteiger partial charge in [0, 0.05) is 13.0 Å². The van der Waals surface area contributed by atoms with Crippen molar-refractivity contribution in [1.82, 2.24) is 0 Å². The molecule has 0 aliphatic carbocycles. The number of esters is 1. The molecular weight excluding hydrogens is 624 g/mol. The lowest BCUT2D eigenvalue weighted by Crippen LogP contribution is -2.66. The molecule has 270 valence electrons. The molecule has 0 bridgehead atoms. The maximum absolute atomic E-state index is 11.1. The summed E-state index contributed by atoms with van der Waals surface area (Å²) in [5.74, 6) is -0.238. The molecule has 3 aliphatic rings. The molecule has 0 amide bonds. The summed E-state index contributed by atoms with van der Waals surface area (Å²) < 4.78 is 37.8. The van der Waals surface area contributed by atoms with E-state index in [2.05, 4.69) is 4.74 Å². The fraction of sp³-hybridized carbons (Fsp3) is 0.964. The molecule has 0 radical (unpaired) electrons. The first kappa shape index (κ1) is 39.3. The zero-order valence-electron chi connectivity index (χ0n) is 25.7. The van der Waals surface area contributed by atoms with Gasteiger partial charge in [-0.3, -0.25) is 4.79 Å². The van der Waals surface area contributed by atoms with Crippen LogP contribution < -0.4 is 0 Å². The third-order valence-electron chi connectivity index (χ3n) is 8.36. The Labute approximate surface area is 265 Å². The Morgan fingerprint density at radius 2 is 0.978 bits per heavy atom. The van der Waals surface area contributed by atoms with Crippen molar-refractivity contribution in [3.8, 4) is 0 Å². The highest BCUT2D eigenvalue weighted by Crippen LogP contribution is 2.32. The van der Waals surface area contributed by atoms with Gasteiger partial charge in [0.2, 0.25) is 0 Å². The molecule has 3 heterocycles. The number of hydrogen-bond donors (Lipinski definition) is 10. The highest BCUT2D eigenvalue weighted by molar-refractivity contribution is 5.68. The van der Waals surface area contributed by atoms with Crippen molar-refractivity contribution in [2.24, 2.45) is 0 Å². The SMILES string of the molecule is COC(=O)CCCCCCCCO[C@H]1O[C@H](CO)[C@@H](O[C@@H]2O[C@H](CO)[C@H](O[C@H]3O[C@H](CO)[C@H](O)[C@H](O)[C@H]3O)[C@H](O)[C@H]2O)[C@H](O)[C@H]1O. The summed E-state index contributed by atoms with van der Waals surface area (Å²) in [6, 6.07) is 0. The quantitative estimate of drug-likeness (QED) is 0.0513. The molecule has 0 aromatic heterocycles. The lowest BCUT2D eigenvalue weighted by atomic mass is 9.96. The number of hydrogen-bond acceptors (Lipinski definition) is 18. The van der Waals surface area contributed by atoms with Gasteiger partial charge in [-0.2, -0.15) is 0 Å². The summed E-state index contributed by atoms with van der Waals surface area (Å²) in [5.41, 5.74) is 0. The fourth-order valence-corrected chi connectivity index (χ4v) is 5.56. The van der Waals surface area contributed by atoms with Crippen LogP contribution >= 0.6 is 0 Å². The van der Waals surface area contributed by atoms with Crippen LogP contribution in [0.3, 0.4) is 0 Å². The zero-order valence-corrected chi connectivity index (χ0v) is 25.7. The van der Waals surface area contributed by atoms with E-state index in [9.17, 15) is 55.9 Å². The van der Waals surface area contributed by atoms with Crippen LogP contribution in [-0.2, 0) is 38.0 Å². The molecule has 3 saturated heterocycles. The Hall–Kier alpha value is -1.17. The Bertz CT molecular complexity index is 877. The second-order valence-electron chi connectivity index (χ2n) is 11.6. The largest absolute Gasteiger partial charge is 0.469 e. The van der Waals surface area contributed by atoms with Crippen LogP contribution in [0.4, 0.5) is 0 Å². The Morgan fingerprint density at radius 1 is 0.543 bits per heavy atom. The molecular formula is C28H50O18. The molecule has 10 N–H and O–H groups in total. The highest BCUT2D eigenvalue weighted by atomic mass is 16.8. The van der Waals surface area contributed by atoms with Crippen LogP contribution in [0.5, 0.6) is 0 Å². The summed E-state index contributed by atoms with van der Waals surface area (Å²) in [6.45, 7) is -2.07. The minimum atomic E-state index is -1.91. The standard InChI is InChI=1S/C28H50O18/c1-40-16(32)8-6-4-2-3-5-7-9-41-26-22(38)19(35)24(14(11-30)43-26)46-28-23(39)20(36)25(15(12-31)44-28)45-27-21(37)18(34)17(33)13(10-29)42-27/h13-15,17-31,33-39H,2-12H2,1H3/t13-,14-,15-,17+,18+,19-,20-,21-,22-,23-,24-,25+,26+,27-,28+/m1/s1. The van der Waals surface area contributed by atoms with E-state index in [1.807, 2.05) is 0 Å². The van der Waals surface area contributed by atoms with Crippen LogP contribution in [0.1, 0.15) is 44.9 Å². The molecule has 15 atom stereocenters. The monoisotopic (exact) mass is 674 g/mol. The lowest BCUT2D eigenvalue weighted by molar-refractivity contribution is -0.379. The van der Waals surface area contributed by atoms with E-state index in [1.54, 1.807) is 0 Å². The number of carbonyl (C=O) groups is 1. The normalized spacial score (nSPS) is 41.8. The molecule has 0 spiro atoms. The first-order chi connectivity index (χ1) is 22.0. The fourth-order valence-electron chi connectivity index (χ4n) is 5.56. The molecule has 18 nitrogen and oxygen atoms in total. The zero-order chi connectivity index (χ0) is 34.0. The average molecular weight is 675 g/mol. The third kappa shape index (κ3) is 9.94. The van der Waals surface area contributed by atoms with Crippen LogP contribution in [0.2, 0.25) is 0 Å². The predicted molar refractivity (Wildman–Crippen MR) is 149 cm³/mol. The summed E-state index contributed by atoms with van der Waals surface area (Å²) in [5, 5.41) is 103. The summed E-state index contributed by atoms with van der Waals surface area (Å²) in [7, 11) is 1.35. The average Bonchev–Trinajstić information content (AvgIpc) is 3.06. The number of unbranched alkanes of at least 4 members (excludes halogenated alkanes) is 5. The smallest absolute Gasteiger partial charge is 0.305 e. The number of carbonyl (C=O) groups excluding carboxylic acids is 1. The third-order valence-corrected chi connectivity index (χ3v) is 8.36. The van der Waals surface area contributed by atoms with Crippen LogP contribution in [0.15, 0.2) is 0 Å². The number of aliphatic hydroxyl groups excluding tert-OH is 10. The maximum atomic E-state index is 11.1. The van der Waals surface area contributed by atoms with Crippen molar-refractivity contribution in [1.29, 1.82) is 0 Å². The highest BCUT2D eigenvalue weighted by Gasteiger charge is 2.53. The molecule has 3 rings (SSSR count). The Kier molecular flexibility index (Phi) is 16.3. The van der Waals surface area contributed by atoms with Crippen LogP contribution in [0, 0.1) is 0 Å². The Balaban J connectivity index is 1.51. The van der Waals surface area contributed by atoms with E-state index in [0.717, 1.165) is 32.1 Å². The first-order valence-corrected chi connectivity index (χ1v) is 15.5. The van der Waals surface area contributed by atoms with E-state index in [0.29, 0.717) is 12.8 Å². The number of rotatable bonds is 17. The van der Waals surface area contributed by atoms with Gasteiger partial charge in [-0.05, 0) is 12.8 Å². The predicted octanol–water partition coefficient (Wildman–Crippen LogP) is -4.64. The van der Waals surface area contributed by atoms with Gasteiger partial charge in [0.05, 0.1) is 26.9 Å². The summed E-state index contributed by atoms with van der Waals surface area (Å²) in [6.07, 6.45) is -19.0. The molecule has 3 fully saturated rings. The summed E-state index contributed by atoms with van der Waals surface area (Å²) >= 11 is 0. The van der Waals surface area contributed by atoms with Crippen molar-refractivity contribution < 1.29 is 89.0 Å². The van der Waals surface area contributed by atoms with E-state index >= 15 is 0 Å². The maximum Gasteiger partial charge on any atom is 0.305 e. The van der Waals surface area contributed by atoms with Gasteiger partial charge in [0.1, 0.15) is 73.2 Å². The van der Waals surface area contributed by atoms with Gasteiger partial charge in [-0.15, -0.1) is 0 Å². The van der Waals surface area contributed by atoms with Crippen LogP contribution in [0.25, 0.3) is 0 Å². The van der Waals surface area contributed by atoms with Crippen molar-refractivity contribution in [3.63, 3.8) is 0 Å². The second kappa shape index (κ2) is 19.1. The van der Waals surface area contributed by atoms with Crippen molar-refractivity contribution in [2.45, 2.75) is 137 Å². The molecule has 46 heavy (non-hydrogen) atoms. The second-order valence-corrected chi connectivity index (χ2v) is 11.6. The van der Waals surface area contributed by atoms with E-state index in [1.165, 1.54) is 7.11 Å². The molecule has 0 unspecified atom stereocenters. The molecule has 18 heteroatoms.